The number of aromatic nitrogens is 2. The van der Waals surface area contributed by atoms with Gasteiger partial charge in [-0.15, -0.1) is 0 Å². The SMILES string of the molecule is CCOC(=O)c1[nH]c(C)c(C(=O)[C@H](C)N(CCc2ccccn2)C(=O)CC(C)C)c1C. The van der Waals surface area contributed by atoms with Gasteiger partial charge < -0.3 is 14.6 Å². The van der Waals surface area contributed by atoms with Crippen LogP contribution in [0.2, 0.25) is 0 Å². The number of nitrogens with zero attached hydrogens (tertiary/aromatic N) is 2. The van der Waals surface area contributed by atoms with E-state index in [2.05, 4.69) is 9.97 Å². The average molecular weight is 428 g/mol. The lowest BCUT2D eigenvalue weighted by Gasteiger charge is -2.29. The van der Waals surface area contributed by atoms with Crippen LogP contribution in [0.3, 0.4) is 0 Å². The highest BCUT2D eigenvalue weighted by Crippen LogP contribution is 2.23. The van der Waals surface area contributed by atoms with Crippen LogP contribution in [-0.4, -0.2) is 51.7 Å². The Morgan fingerprint density at radius 3 is 2.45 bits per heavy atom. The summed E-state index contributed by atoms with van der Waals surface area (Å²) in [5.74, 6) is -0.570. The van der Waals surface area contributed by atoms with Gasteiger partial charge in [-0.05, 0) is 51.3 Å². The van der Waals surface area contributed by atoms with Gasteiger partial charge in [-0.2, -0.15) is 0 Å². The molecule has 0 saturated carbocycles. The Balaban J connectivity index is 2.30. The van der Waals surface area contributed by atoms with Crippen LogP contribution in [-0.2, 0) is 16.0 Å². The molecular formula is C24H33N3O4. The Morgan fingerprint density at radius 1 is 1.16 bits per heavy atom. The summed E-state index contributed by atoms with van der Waals surface area (Å²) in [7, 11) is 0. The molecule has 0 aliphatic carbocycles. The number of esters is 1. The van der Waals surface area contributed by atoms with Gasteiger partial charge >= 0.3 is 5.97 Å². The van der Waals surface area contributed by atoms with Gasteiger partial charge in [0.1, 0.15) is 5.69 Å². The number of aromatic amines is 1. The predicted molar refractivity (Wildman–Crippen MR) is 119 cm³/mol. The molecule has 0 radical (unpaired) electrons. The third-order valence-electron chi connectivity index (χ3n) is 5.25. The molecule has 0 aromatic carbocycles. The van der Waals surface area contributed by atoms with Crippen LogP contribution in [0.25, 0.3) is 0 Å². The first-order valence-electron chi connectivity index (χ1n) is 10.8. The topological polar surface area (TPSA) is 92.4 Å². The Kier molecular flexibility index (Phi) is 8.54. The summed E-state index contributed by atoms with van der Waals surface area (Å²) in [4.78, 5) is 47.6. The molecule has 0 saturated heterocycles. The Bertz CT molecular complexity index is 918. The second kappa shape index (κ2) is 10.9. The van der Waals surface area contributed by atoms with Crippen molar-refractivity contribution in [1.29, 1.82) is 0 Å². The minimum absolute atomic E-state index is 0.0664. The van der Waals surface area contributed by atoms with Crippen molar-refractivity contribution >= 4 is 17.7 Å². The largest absolute Gasteiger partial charge is 0.461 e. The smallest absolute Gasteiger partial charge is 0.355 e. The van der Waals surface area contributed by atoms with Gasteiger partial charge in [-0.1, -0.05) is 19.9 Å². The van der Waals surface area contributed by atoms with E-state index in [1.165, 1.54) is 0 Å². The zero-order valence-corrected chi connectivity index (χ0v) is 19.3. The maximum atomic E-state index is 13.4. The molecule has 0 bridgehead atoms. The van der Waals surface area contributed by atoms with Crippen molar-refractivity contribution in [3.63, 3.8) is 0 Å². The van der Waals surface area contributed by atoms with Crippen LogP contribution in [0.15, 0.2) is 24.4 Å². The third-order valence-corrected chi connectivity index (χ3v) is 5.25. The molecule has 2 aromatic heterocycles. The van der Waals surface area contributed by atoms with Gasteiger partial charge in [0.25, 0.3) is 0 Å². The van der Waals surface area contributed by atoms with Crippen LogP contribution < -0.4 is 0 Å². The van der Waals surface area contributed by atoms with Crippen LogP contribution in [0.1, 0.15) is 71.9 Å². The molecule has 31 heavy (non-hydrogen) atoms. The van der Waals surface area contributed by atoms with Crippen molar-refractivity contribution in [2.45, 2.75) is 60.4 Å². The quantitative estimate of drug-likeness (QED) is 0.459. The van der Waals surface area contributed by atoms with Crippen LogP contribution in [0, 0.1) is 19.8 Å². The lowest BCUT2D eigenvalue weighted by Crippen LogP contribution is -2.45. The fraction of sp³-hybridized carbons (Fsp3) is 0.500. The van der Waals surface area contributed by atoms with Crippen molar-refractivity contribution in [3.8, 4) is 0 Å². The third kappa shape index (κ3) is 6.03. The molecule has 2 rings (SSSR count). The highest BCUT2D eigenvalue weighted by Gasteiger charge is 2.31. The zero-order valence-electron chi connectivity index (χ0n) is 19.3. The minimum Gasteiger partial charge on any atom is -0.461 e. The molecule has 7 heteroatoms. The molecule has 0 unspecified atom stereocenters. The summed E-state index contributed by atoms with van der Waals surface area (Å²) < 4.78 is 5.08. The van der Waals surface area contributed by atoms with Crippen molar-refractivity contribution in [2.75, 3.05) is 13.2 Å². The van der Waals surface area contributed by atoms with E-state index in [1.807, 2.05) is 32.0 Å². The Labute approximate surface area is 184 Å². The fourth-order valence-corrected chi connectivity index (χ4v) is 3.66. The Hall–Kier alpha value is -2.96. The molecule has 0 fully saturated rings. The first-order valence-corrected chi connectivity index (χ1v) is 10.8. The van der Waals surface area contributed by atoms with E-state index in [4.69, 9.17) is 4.74 Å². The fourth-order valence-electron chi connectivity index (χ4n) is 3.66. The van der Waals surface area contributed by atoms with E-state index in [0.29, 0.717) is 36.2 Å². The predicted octanol–water partition coefficient (Wildman–Crippen LogP) is 3.89. The van der Waals surface area contributed by atoms with Crippen LogP contribution in [0.5, 0.6) is 0 Å². The highest BCUT2D eigenvalue weighted by molar-refractivity contribution is 6.06. The first-order chi connectivity index (χ1) is 14.7. The summed E-state index contributed by atoms with van der Waals surface area (Å²) in [6.45, 7) is 11.6. The molecule has 7 nitrogen and oxygen atoms in total. The molecule has 2 aromatic rings. The number of ether oxygens (including phenoxy) is 1. The van der Waals surface area contributed by atoms with Gasteiger partial charge in [0.05, 0.1) is 12.6 Å². The number of Topliss-reactive ketones (excluding diaryl/α,β-unsaturated/α-hetero) is 1. The van der Waals surface area contributed by atoms with E-state index in [0.717, 1.165) is 5.69 Å². The highest BCUT2D eigenvalue weighted by atomic mass is 16.5. The van der Waals surface area contributed by atoms with Crippen molar-refractivity contribution in [2.24, 2.45) is 5.92 Å². The van der Waals surface area contributed by atoms with Crippen molar-refractivity contribution in [1.82, 2.24) is 14.9 Å². The maximum Gasteiger partial charge on any atom is 0.355 e. The molecule has 0 spiro atoms. The van der Waals surface area contributed by atoms with E-state index in [1.54, 1.807) is 38.8 Å². The molecule has 1 amide bonds. The number of rotatable bonds is 10. The summed E-state index contributed by atoms with van der Waals surface area (Å²) in [6.07, 6.45) is 2.63. The van der Waals surface area contributed by atoms with Crippen molar-refractivity contribution < 1.29 is 19.1 Å². The van der Waals surface area contributed by atoms with E-state index < -0.39 is 12.0 Å². The van der Waals surface area contributed by atoms with E-state index in [-0.39, 0.29) is 29.9 Å². The molecular weight excluding hydrogens is 394 g/mol. The van der Waals surface area contributed by atoms with Gasteiger partial charge in [-0.3, -0.25) is 14.6 Å². The first kappa shape index (κ1) is 24.3. The van der Waals surface area contributed by atoms with Crippen LogP contribution >= 0.6 is 0 Å². The summed E-state index contributed by atoms with van der Waals surface area (Å²) >= 11 is 0. The zero-order chi connectivity index (χ0) is 23.1. The number of nitrogens with one attached hydrogen (secondary N) is 1. The van der Waals surface area contributed by atoms with Gasteiger partial charge in [-0.25, -0.2) is 4.79 Å². The molecule has 1 atom stereocenters. The normalized spacial score (nSPS) is 12.0. The number of H-pyrrole nitrogens is 1. The molecule has 0 aliphatic rings. The van der Waals surface area contributed by atoms with E-state index in [9.17, 15) is 14.4 Å². The second-order valence-electron chi connectivity index (χ2n) is 8.14. The monoisotopic (exact) mass is 427 g/mol. The lowest BCUT2D eigenvalue weighted by atomic mass is 9.98. The number of amides is 1. The lowest BCUT2D eigenvalue weighted by molar-refractivity contribution is -0.133. The molecule has 2 heterocycles. The number of pyridine rings is 1. The second-order valence-corrected chi connectivity index (χ2v) is 8.14. The Morgan fingerprint density at radius 2 is 1.87 bits per heavy atom. The van der Waals surface area contributed by atoms with Gasteiger partial charge in [0, 0.05) is 42.5 Å². The standard InChI is InChI=1S/C24H33N3O4/c1-7-31-24(30)22-16(4)21(17(5)26-22)23(29)18(6)27(20(28)14-15(2)3)13-11-19-10-8-9-12-25-19/h8-10,12,15,18,26H,7,11,13-14H2,1-6H3/t18-/m0/s1. The number of ketones is 1. The summed E-state index contributed by atoms with van der Waals surface area (Å²) in [5, 5.41) is 0. The number of aryl methyl sites for hydroxylation is 1. The number of hydrogen-bond acceptors (Lipinski definition) is 5. The van der Waals surface area contributed by atoms with Crippen molar-refractivity contribution in [3.05, 3.63) is 52.6 Å². The van der Waals surface area contributed by atoms with Gasteiger partial charge in [0.15, 0.2) is 5.78 Å². The summed E-state index contributed by atoms with van der Waals surface area (Å²) in [6, 6.07) is 4.98. The maximum absolute atomic E-state index is 13.4. The average Bonchev–Trinajstić information content (AvgIpc) is 3.02. The van der Waals surface area contributed by atoms with E-state index >= 15 is 0 Å². The molecule has 168 valence electrons. The summed E-state index contributed by atoms with van der Waals surface area (Å²) in [5.41, 5.74) is 2.73. The van der Waals surface area contributed by atoms with Crippen LogP contribution in [0.4, 0.5) is 0 Å². The molecule has 0 aliphatic heterocycles. The minimum atomic E-state index is -0.668. The number of carbonyl (C=O) groups excluding carboxylic acids is 3. The molecule has 1 N–H and O–H groups in total. The number of hydrogen-bond donors (Lipinski definition) is 1. The van der Waals surface area contributed by atoms with Gasteiger partial charge in [0.2, 0.25) is 5.91 Å². The number of carbonyl (C=O) groups is 3.